The lowest BCUT2D eigenvalue weighted by Crippen LogP contribution is -2.39. The second-order valence-corrected chi connectivity index (χ2v) is 11.9. The topological polar surface area (TPSA) is 86.8 Å². The van der Waals surface area contributed by atoms with Crippen LogP contribution < -0.4 is 10.9 Å². The Hall–Kier alpha value is -3.64. The van der Waals surface area contributed by atoms with E-state index in [-0.39, 0.29) is 17.2 Å². The summed E-state index contributed by atoms with van der Waals surface area (Å²) in [7, 11) is 0. The molecule has 1 aliphatic carbocycles. The summed E-state index contributed by atoms with van der Waals surface area (Å²) in [5.74, 6) is -2.58. The number of piperidine rings is 1. The van der Waals surface area contributed by atoms with Gasteiger partial charge in [0, 0.05) is 36.2 Å². The Bertz CT molecular complexity index is 1590. The summed E-state index contributed by atoms with van der Waals surface area (Å²) >= 11 is 0. The van der Waals surface area contributed by atoms with Crippen molar-refractivity contribution in [1.29, 1.82) is 5.26 Å². The van der Waals surface area contributed by atoms with Crippen LogP contribution in [-0.2, 0) is 17.9 Å². The van der Waals surface area contributed by atoms with E-state index in [0.29, 0.717) is 73.6 Å². The van der Waals surface area contributed by atoms with E-state index in [2.05, 4.69) is 38.4 Å². The molecule has 214 valence electrons. The molecule has 2 fully saturated rings. The number of hydrogen-bond donors (Lipinski definition) is 1. The average Bonchev–Trinajstić information content (AvgIpc) is 3.76. The van der Waals surface area contributed by atoms with Gasteiger partial charge in [-0.05, 0) is 83.2 Å². The maximum Gasteiger partial charge on any atom is 0.276 e. The number of rotatable bonds is 1. The summed E-state index contributed by atoms with van der Waals surface area (Å²) in [6.07, 6.45) is 7.93. The molecule has 0 amide bonds. The second-order valence-electron chi connectivity index (χ2n) is 11.9. The number of hydrogen-bond acceptors (Lipinski definition) is 6. The Morgan fingerprint density at radius 1 is 1.10 bits per heavy atom. The number of pyridine rings is 1. The van der Waals surface area contributed by atoms with Crippen molar-refractivity contribution in [3.63, 3.8) is 0 Å². The number of anilines is 1. The number of allylic oxidation sites excluding steroid dienone is 1. The number of fused-ring (bicyclic) bond motifs is 7. The van der Waals surface area contributed by atoms with Crippen molar-refractivity contribution < 1.29 is 8.78 Å². The number of alkyl halides is 2. The number of benzene rings is 1. The lowest BCUT2D eigenvalue weighted by atomic mass is 9.85. The Balaban J connectivity index is 1.47. The fourth-order valence-electron chi connectivity index (χ4n) is 6.31. The summed E-state index contributed by atoms with van der Waals surface area (Å²) in [6.45, 7) is 6.20. The first-order chi connectivity index (χ1) is 19.7. The molecule has 7 nitrogen and oxygen atoms in total. The second kappa shape index (κ2) is 10.6. The van der Waals surface area contributed by atoms with Crippen LogP contribution in [0.25, 0.3) is 11.0 Å². The van der Waals surface area contributed by atoms with Gasteiger partial charge < -0.3 is 5.32 Å². The van der Waals surface area contributed by atoms with Crippen LogP contribution in [0.2, 0.25) is 0 Å². The zero-order valence-electron chi connectivity index (χ0n) is 23.7. The van der Waals surface area contributed by atoms with Crippen molar-refractivity contribution in [1.82, 2.24) is 19.4 Å². The Morgan fingerprint density at radius 3 is 2.61 bits per heavy atom. The number of nitriles is 1. The minimum atomic E-state index is -2.92. The van der Waals surface area contributed by atoms with Crippen LogP contribution in [0.4, 0.5) is 14.6 Å². The largest absolute Gasteiger partial charge is 0.363 e. The molecule has 1 saturated heterocycles. The molecule has 0 radical (unpaired) electrons. The van der Waals surface area contributed by atoms with Gasteiger partial charge in [-0.3, -0.25) is 14.3 Å². The molecule has 8 bridgehead atoms. The molecule has 0 spiro atoms. The van der Waals surface area contributed by atoms with Crippen molar-refractivity contribution in [2.24, 2.45) is 5.92 Å². The van der Waals surface area contributed by atoms with E-state index in [1.165, 1.54) is 6.07 Å². The maximum atomic E-state index is 15.8. The van der Waals surface area contributed by atoms with Crippen molar-refractivity contribution >= 4 is 16.9 Å². The SMILES string of the molecule is Cc1nc2c3cc(C4(C#N)CC4)c(=O)n(c3n1)CCC/C=C\CN1CCC(CC1)C(F)(F)c1cccc(c1)[C@@H](C)N2. The van der Waals surface area contributed by atoms with Crippen LogP contribution in [0.3, 0.4) is 0 Å². The Labute approximate surface area is 238 Å². The average molecular weight is 559 g/mol. The first-order valence-corrected chi connectivity index (χ1v) is 14.7. The molecule has 2 aromatic heterocycles. The van der Waals surface area contributed by atoms with Gasteiger partial charge >= 0.3 is 0 Å². The zero-order chi connectivity index (χ0) is 28.8. The molecule has 41 heavy (non-hydrogen) atoms. The maximum absolute atomic E-state index is 15.8. The van der Waals surface area contributed by atoms with E-state index in [0.717, 1.165) is 24.9 Å². The minimum absolute atomic E-state index is 0.0425. The van der Waals surface area contributed by atoms with Gasteiger partial charge in [0.1, 0.15) is 17.3 Å². The highest BCUT2D eigenvalue weighted by Crippen LogP contribution is 2.47. The van der Waals surface area contributed by atoms with Gasteiger partial charge in [0.25, 0.3) is 11.5 Å². The van der Waals surface area contributed by atoms with Crippen molar-refractivity contribution in [3.8, 4) is 6.07 Å². The molecular formula is C32H36F2N6O. The summed E-state index contributed by atoms with van der Waals surface area (Å²) in [4.78, 5) is 25.3. The van der Waals surface area contributed by atoms with Gasteiger partial charge in [0.05, 0.1) is 16.9 Å². The van der Waals surface area contributed by atoms with E-state index >= 15 is 8.78 Å². The lowest BCUT2D eigenvalue weighted by molar-refractivity contribution is -0.0847. The molecule has 4 aliphatic rings. The van der Waals surface area contributed by atoms with E-state index in [1.54, 1.807) is 29.7 Å². The molecule has 0 unspecified atom stereocenters. The molecule has 3 aromatic rings. The van der Waals surface area contributed by atoms with Gasteiger partial charge in [-0.2, -0.15) is 5.26 Å². The van der Waals surface area contributed by atoms with Gasteiger partial charge in [0.2, 0.25) is 0 Å². The molecule has 1 N–H and O–H groups in total. The standard InChI is InChI=1S/C32H36F2N6O/c1-21-23-8-7-9-25(18-23)32(33,34)24-10-16-39(17-11-24)14-5-3-4-6-15-40-29-26(28(36-21)37-22(2)38-29)19-27(30(40)41)31(20-35)12-13-31/h3,5,7-9,18-19,21,24H,4,6,10-17H2,1-2H3,(H,36,37,38)/b5-3-/t21-/m1/s1. The normalized spacial score (nSPS) is 26.2. The monoisotopic (exact) mass is 558 g/mol. The van der Waals surface area contributed by atoms with Crippen LogP contribution in [0.5, 0.6) is 0 Å². The van der Waals surface area contributed by atoms with E-state index in [4.69, 9.17) is 0 Å². The third-order valence-corrected chi connectivity index (χ3v) is 9.04. The van der Waals surface area contributed by atoms with Crippen molar-refractivity contribution in [3.05, 3.63) is 75.4 Å². The highest BCUT2D eigenvalue weighted by atomic mass is 19.3. The Morgan fingerprint density at radius 2 is 1.88 bits per heavy atom. The molecule has 9 heteroatoms. The van der Waals surface area contributed by atoms with Gasteiger partial charge in [-0.15, -0.1) is 0 Å². The van der Waals surface area contributed by atoms with Crippen LogP contribution in [0.15, 0.2) is 47.3 Å². The third-order valence-electron chi connectivity index (χ3n) is 9.04. The van der Waals surface area contributed by atoms with Gasteiger partial charge in [0.15, 0.2) is 0 Å². The smallest absolute Gasteiger partial charge is 0.276 e. The van der Waals surface area contributed by atoms with Gasteiger partial charge in [-0.25, -0.2) is 18.7 Å². The Kier molecular flexibility index (Phi) is 7.14. The minimum Gasteiger partial charge on any atom is -0.363 e. The number of aromatic nitrogens is 3. The van der Waals surface area contributed by atoms with Crippen molar-refractivity contribution in [2.45, 2.75) is 76.3 Å². The zero-order valence-corrected chi connectivity index (χ0v) is 23.7. The molecule has 1 atom stereocenters. The quantitative estimate of drug-likeness (QED) is 0.370. The first kappa shape index (κ1) is 27.5. The summed E-state index contributed by atoms with van der Waals surface area (Å²) in [5, 5.41) is 14.0. The van der Waals surface area contributed by atoms with Crippen molar-refractivity contribution in [2.75, 3.05) is 25.0 Å². The van der Waals surface area contributed by atoms with Crippen LogP contribution in [0, 0.1) is 24.2 Å². The number of aryl methyl sites for hydroxylation is 2. The van der Waals surface area contributed by atoms with Crippen LogP contribution in [0.1, 0.15) is 74.0 Å². The van der Waals surface area contributed by atoms with Crippen LogP contribution >= 0.6 is 0 Å². The predicted octanol–water partition coefficient (Wildman–Crippen LogP) is 5.98. The molecule has 1 aromatic carbocycles. The highest BCUT2D eigenvalue weighted by Gasteiger charge is 2.47. The highest BCUT2D eigenvalue weighted by molar-refractivity contribution is 5.88. The molecule has 5 heterocycles. The number of nitrogens with zero attached hydrogens (tertiary/aromatic N) is 5. The molecular weight excluding hydrogens is 522 g/mol. The molecule has 3 aliphatic heterocycles. The first-order valence-electron chi connectivity index (χ1n) is 14.7. The predicted molar refractivity (Wildman–Crippen MR) is 155 cm³/mol. The van der Waals surface area contributed by atoms with Gasteiger partial charge in [-0.1, -0.05) is 30.4 Å². The summed E-state index contributed by atoms with van der Waals surface area (Å²) in [6, 6.07) is 10.5. The fourth-order valence-corrected chi connectivity index (χ4v) is 6.31. The van der Waals surface area contributed by atoms with E-state index < -0.39 is 17.3 Å². The number of nitrogens with one attached hydrogen (secondary N) is 1. The fraction of sp³-hybridized carbons (Fsp3) is 0.500. The third kappa shape index (κ3) is 5.14. The van der Waals surface area contributed by atoms with Crippen LogP contribution in [-0.4, -0.2) is 39.1 Å². The van der Waals surface area contributed by atoms with E-state index in [1.807, 2.05) is 13.0 Å². The molecule has 1 saturated carbocycles. The summed E-state index contributed by atoms with van der Waals surface area (Å²) < 4.78 is 33.2. The lowest BCUT2D eigenvalue weighted by Gasteiger charge is -2.35. The molecule has 7 rings (SSSR count). The van der Waals surface area contributed by atoms with E-state index in [9.17, 15) is 10.1 Å². The number of halogens is 2. The summed E-state index contributed by atoms with van der Waals surface area (Å²) in [5.41, 5.74) is 0.837.